The highest BCUT2D eigenvalue weighted by Gasteiger charge is 2.32. The molecule has 0 unspecified atom stereocenters. The van der Waals surface area contributed by atoms with Crippen LogP contribution in [0.5, 0.6) is 17.2 Å². The number of hydrogen-bond acceptors (Lipinski definition) is 5. The molecule has 0 spiro atoms. The molecule has 11 heteroatoms. The molecular formula is C22H17F3N2O5S. The summed E-state index contributed by atoms with van der Waals surface area (Å²) in [6, 6.07) is 14.3. The number of nitrogens with one attached hydrogen (secondary N) is 1. The van der Waals surface area contributed by atoms with Crippen molar-refractivity contribution in [3.05, 3.63) is 66.2 Å². The fourth-order valence-corrected chi connectivity index (χ4v) is 4.17. The van der Waals surface area contributed by atoms with Crippen LogP contribution in [-0.2, 0) is 10.0 Å². The molecule has 3 aromatic carbocycles. The van der Waals surface area contributed by atoms with Crippen LogP contribution >= 0.6 is 0 Å². The largest absolute Gasteiger partial charge is 0.573 e. The number of benzene rings is 3. The molecule has 7 nitrogen and oxygen atoms in total. The van der Waals surface area contributed by atoms with Gasteiger partial charge in [-0.15, -0.1) is 13.2 Å². The summed E-state index contributed by atoms with van der Waals surface area (Å²) in [5.74, 6) is -0.775. The molecule has 0 atom stereocenters. The molecular weight excluding hydrogens is 461 g/mol. The average Bonchev–Trinajstić information content (AvgIpc) is 2.87. The van der Waals surface area contributed by atoms with E-state index in [4.69, 9.17) is 4.74 Å². The second kappa shape index (κ2) is 8.09. The van der Waals surface area contributed by atoms with E-state index in [0.717, 1.165) is 16.4 Å². The summed E-state index contributed by atoms with van der Waals surface area (Å²) in [6.07, 6.45) is -4.88. The number of amides is 1. The SMILES string of the molecule is CN(C)S(=O)(=O)c1cccc(-c2ccc3c(c2)C(=O)Nc2cc(OC(F)(F)F)ccc2O3)c1. The van der Waals surface area contributed by atoms with Gasteiger partial charge in [-0.05, 0) is 47.5 Å². The van der Waals surface area contributed by atoms with E-state index < -0.39 is 28.0 Å². The van der Waals surface area contributed by atoms with Crippen molar-refractivity contribution in [1.29, 1.82) is 0 Å². The van der Waals surface area contributed by atoms with Gasteiger partial charge in [0.15, 0.2) is 5.75 Å². The zero-order chi connectivity index (χ0) is 24.0. The maximum Gasteiger partial charge on any atom is 0.573 e. The summed E-state index contributed by atoms with van der Waals surface area (Å²) < 4.78 is 73.2. The third kappa shape index (κ3) is 4.64. The number of sulfonamides is 1. The predicted molar refractivity (Wildman–Crippen MR) is 114 cm³/mol. The van der Waals surface area contributed by atoms with Crippen LogP contribution in [0.2, 0.25) is 0 Å². The summed E-state index contributed by atoms with van der Waals surface area (Å²) in [5.41, 5.74) is 1.24. The van der Waals surface area contributed by atoms with Crippen molar-refractivity contribution in [2.45, 2.75) is 11.3 Å². The first-order chi connectivity index (χ1) is 15.4. The van der Waals surface area contributed by atoms with E-state index in [-0.39, 0.29) is 27.6 Å². The van der Waals surface area contributed by atoms with E-state index in [1.807, 2.05) is 0 Å². The molecule has 1 N–H and O–H groups in total. The lowest BCUT2D eigenvalue weighted by Crippen LogP contribution is -2.22. The highest BCUT2D eigenvalue weighted by atomic mass is 32.2. The number of rotatable bonds is 4. The second-order valence-corrected chi connectivity index (χ2v) is 9.44. The summed E-state index contributed by atoms with van der Waals surface area (Å²) in [7, 11) is -0.806. The number of hydrogen-bond donors (Lipinski definition) is 1. The molecule has 0 aliphatic carbocycles. The van der Waals surface area contributed by atoms with Crippen molar-refractivity contribution in [2.75, 3.05) is 19.4 Å². The first-order valence-electron chi connectivity index (χ1n) is 9.50. The first-order valence-corrected chi connectivity index (χ1v) is 10.9. The molecule has 1 heterocycles. The van der Waals surface area contributed by atoms with Gasteiger partial charge in [0.05, 0.1) is 16.1 Å². The summed E-state index contributed by atoms with van der Waals surface area (Å²) in [6.45, 7) is 0. The van der Waals surface area contributed by atoms with E-state index in [2.05, 4.69) is 10.1 Å². The smallest absolute Gasteiger partial charge is 0.454 e. The van der Waals surface area contributed by atoms with Crippen molar-refractivity contribution < 1.29 is 35.9 Å². The van der Waals surface area contributed by atoms with Crippen molar-refractivity contribution in [3.63, 3.8) is 0 Å². The fraction of sp³-hybridized carbons (Fsp3) is 0.136. The molecule has 4 rings (SSSR count). The Morgan fingerprint density at radius 3 is 2.33 bits per heavy atom. The molecule has 0 fully saturated rings. The molecule has 1 aliphatic heterocycles. The number of halogens is 3. The standard InChI is InChI=1S/C22H17F3N2O5S/c1-27(2)33(29,30)16-5-3-4-13(10-16)14-6-8-19-17(11-14)21(28)26-18-12-15(32-22(23,24)25)7-9-20(18)31-19/h3-12H,1-2H3,(H,26,28). The highest BCUT2D eigenvalue weighted by Crippen LogP contribution is 2.40. The van der Waals surface area contributed by atoms with Crippen LogP contribution in [-0.4, -0.2) is 39.1 Å². The second-order valence-electron chi connectivity index (χ2n) is 7.29. The van der Waals surface area contributed by atoms with E-state index in [1.54, 1.807) is 18.2 Å². The highest BCUT2D eigenvalue weighted by molar-refractivity contribution is 7.89. The van der Waals surface area contributed by atoms with Gasteiger partial charge in [0, 0.05) is 20.2 Å². The number of nitrogens with zero attached hydrogens (tertiary/aromatic N) is 1. The van der Waals surface area contributed by atoms with Gasteiger partial charge in [-0.2, -0.15) is 0 Å². The Kier molecular flexibility index (Phi) is 5.54. The van der Waals surface area contributed by atoms with E-state index in [9.17, 15) is 26.4 Å². The maximum absolute atomic E-state index is 12.8. The topological polar surface area (TPSA) is 84.9 Å². The Balaban J connectivity index is 1.69. The maximum atomic E-state index is 12.8. The molecule has 1 amide bonds. The number of carbonyl (C=O) groups is 1. The van der Waals surface area contributed by atoms with Gasteiger partial charge in [0.2, 0.25) is 10.0 Å². The van der Waals surface area contributed by atoms with Crippen LogP contribution in [0.1, 0.15) is 10.4 Å². The molecule has 3 aromatic rings. The van der Waals surface area contributed by atoms with Crippen molar-refractivity contribution in [1.82, 2.24) is 4.31 Å². The minimum absolute atomic E-state index is 0.0126. The number of ether oxygens (including phenoxy) is 2. The van der Waals surface area contributed by atoms with E-state index >= 15 is 0 Å². The molecule has 172 valence electrons. The number of fused-ring (bicyclic) bond motifs is 2. The Morgan fingerprint density at radius 1 is 0.939 bits per heavy atom. The Hall–Kier alpha value is -3.57. The molecule has 33 heavy (non-hydrogen) atoms. The first kappa shape index (κ1) is 22.6. The van der Waals surface area contributed by atoms with Crippen LogP contribution < -0.4 is 14.8 Å². The Labute approximate surface area is 187 Å². The summed E-state index contributed by atoms with van der Waals surface area (Å²) in [4.78, 5) is 12.9. The van der Waals surface area contributed by atoms with Crippen molar-refractivity contribution >= 4 is 21.6 Å². The third-order valence-corrected chi connectivity index (χ3v) is 6.63. The van der Waals surface area contributed by atoms with Crippen LogP contribution in [0.15, 0.2) is 65.6 Å². The van der Waals surface area contributed by atoms with Crippen LogP contribution in [0, 0.1) is 0 Å². The Morgan fingerprint density at radius 2 is 1.64 bits per heavy atom. The number of anilines is 1. The average molecular weight is 478 g/mol. The minimum Gasteiger partial charge on any atom is -0.454 e. The van der Waals surface area contributed by atoms with Gasteiger partial charge in [0.1, 0.15) is 11.5 Å². The molecule has 0 saturated carbocycles. The van der Waals surface area contributed by atoms with Gasteiger partial charge in [-0.1, -0.05) is 18.2 Å². The van der Waals surface area contributed by atoms with Gasteiger partial charge in [0.25, 0.3) is 5.91 Å². The van der Waals surface area contributed by atoms with E-state index in [0.29, 0.717) is 11.1 Å². The molecule has 0 aromatic heterocycles. The zero-order valence-electron chi connectivity index (χ0n) is 17.3. The van der Waals surface area contributed by atoms with Crippen molar-refractivity contribution in [2.24, 2.45) is 0 Å². The summed E-state index contributed by atoms with van der Waals surface area (Å²) in [5, 5.41) is 2.52. The third-order valence-electron chi connectivity index (χ3n) is 4.82. The van der Waals surface area contributed by atoms with Gasteiger partial charge >= 0.3 is 6.36 Å². The lowest BCUT2D eigenvalue weighted by Gasteiger charge is -2.13. The fourth-order valence-electron chi connectivity index (χ4n) is 3.22. The predicted octanol–water partition coefficient (Wildman–Crippen LogP) is 4.86. The molecule has 0 radical (unpaired) electrons. The minimum atomic E-state index is -4.88. The van der Waals surface area contributed by atoms with Crippen LogP contribution in [0.25, 0.3) is 11.1 Å². The molecule has 0 bridgehead atoms. The summed E-state index contributed by atoms with van der Waals surface area (Å²) >= 11 is 0. The zero-order valence-corrected chi connectivity index (χ0v) is 18.1. The normalized spacial score (nSPS) is 13.5. The lowest BCUT2D eigenvalue weighted by atomic mass is 10.0. The van der Waals surface area contributed by atoms with Gasteiger partial charge in [-0.3, -0.25) is 4.79 Å². The Bertz CT molecular complexity index is 1350. The van der Waals surface area contributed by atoms with Gasteiger partial charge < -0.3 is 14.8 Å². The van der Waals surface area contributed by atoms with E-state index in [1.165, 1.54) is 44.4 Å². The molecule has 0 saturated heterocycles. The monoisotopic (exact) mass is 478 g/mol. The lowest BCUT2D eigenvalue weighted by molar-refractivity contribution is -0.274. The number of carbonyl (C=O) groups excluding carboxylic acids is 1. The molecule has 1 aliphatic rings. The number of alkyl halides is 3. The quantitative estimate of drug-likeness (QED) is 0.579. The van der Waals surface area contributed by atoms with Gasteiger partial charge in [-0.25, -0.2) is 12.7 Å². The van der Waals surface area contributed by atoms with Crippen molar-refractivity contribution in [3.8, 4) is 28.4 Å². The van der Waals surface area contributed by atoms with Crippen LogP contribution in [0.3, 0.4) is 0 Å². The van der Waals surface area contributed by atoms with Crippen LogP contribution in [0.4, 0.5) is 18.9 Å².